The lowest BCUT2D eigenvalue weighted by atomic mass is 10.1. The maximum absolute atomic E-state index is 13.9. The van der Waals surface area contributed by atoms with Crippen LogP contribution in [0.3, 0.4) is 0 Å². The summed E-state index contributed by atoms with van der Waals surface area (Å²) in [6.07, 6.45) is 0. The summed E-state index contributed by atoms with van der Waals surface area (Å²) in [5, 5.41) is 2.54. The average molecular weight is 558 g/mol. The van der Waals surface area contributed by atoms with Crippen molar-refractivity contribution in [3.63, 3.8) is 0 Å². The first-order chi connectivity index (χ1) is 18.5. The second-order valence-electron chi connectivity index (χ2n) is 8.74. The molecule has 3 rings (SSSR count). The van der Waals surface area contributed by atoms with Gasteiger partial charge in [0.05, 0.1) is 24.8 Å². The number of anilines is 1. The van der Waals surface area contributed by atoms with Gasteiger partial charge in [-0.3, -0.25) is 13.9 Å². The first kappa shape index (κ1) is 29.4. The molecule has 0 aromatic heterocycles. The molecule has 0 aliphatic rings. The Morgan fingerprint density at radius 3 is 2.21 bits per heavy atom. The van der Waals surface area contributed by atoms with E-state index in [9.17, 15) is 22.4 Å². The maximum atomic E-state index is 13.9. The molecule has 1 atom stereocenters. The van der Waals surface area contributed by atoms with Gasteiger partial charge in [-0.05, 0) is 61.4 Å². The van der Waals surface area contributed by atoms with E-state index in [4.69, 9.17) is 9.47 Å². The third-order valence-corrected chi connectivity index (χ3v) is 8.12. The van der Waals surface area contributed by atoms with Gasteiger partial charge >= 0.3 is 0 Å². The SMILES string of the molecule is CNC(=O)[C@@H](C)N(Cc1ccccc1C)C(=O)CN(c1ccc(F)cc1)S(=O)(=O)c1ccc(OC)c(OC)c1. The van der Waals surface area contributed by atoms with Crippen LogP contribution in [-0.2, 0) is 26.2 Å². The van der Waals surface area contributed by atoms with Gasteiger partial charge in [0.15, 0.2) is 11.5 Å². The molecule has 3 aromatic carbocycles. The Labute approximate surface area is 228 Å². The van der Waals surface area contributed by atoms with Crippen LogP contribution in [0, 0.1) is 12.7 Å². The van der Waals surface area contributed by atoms with E-state index >= 15 is 0 Å². The second-order valence-corrected chi connectivity index (χ2v) is 10.6. The fraction of sp³-hybridized carbons (Fsp3) is 0.286. The van der Waals surface area contributed by atoms with Gasteiger partial charge in [0.2, 0.25) is 11.8 Å². The van der Waals surface area contributed by atoms with Crippen LogP contribution in [-0.4, -0.2) is 59.0 Å². The molecule has 0 fully saturated rings. The van der Waals surface area contributed by atoms with Crippen LogP contribution in [0.25, 0.3) is 0 Å². The van der Waals surface area contributed by atoms with E-state index in [1.54, 1.807) is 6.92 Å². The second kappa shape index (κ2) is 12.6. The van der Waals surface area contributed by atoms with Crippen LogP contribution in [0.2, 0.25) is 0 Å². The quantitative estimate of drug-likeness (QED) is 0.387. The van der Waals surface area contributed by atoms with E-state index in [0.717, 1.165) is 27.6 Å². The Morgan fingerprint density at radius 2 is 1.62 bits per heavy atom. The number of benzene rings is 3. The summed E-state index contributed by atoms with van der Waals surface area (Å²) in [5.41, 5.74) is 1.79. The fourth-order valence-corrected chi connectivity index (χ4v) is 5.43. The van der Waals surface area contributed by atoms with Gasteiger partial charge in [-0.1, -0.05) is 24.3 Å². The molecule has 0 saturated heterocycles. The number of rotatable bonds is 11. The molecule has 0 aliphatic heterocycles. The summed E-state index contributed by atoms with van der Waals surface area (Å²) in [6, 6.07) is 15.3. The number of nitrogens with one attached hydrogen (secondary N) is 1. The molecule has 0 saturated carbocycles. The van der Waals surface area contributed by atoms with Crippen molar-refractivity contribution in [3.05, 3.63) is 83.7 Å². The molecule has 0 bridgehead atoms. The third kappa shape index (κ3) is 6.66. The van der Waals surface area contributed by atoms with E-state index in [2.05, 4.69) is 5.32 Å². The Kier molecular flexibility index (Phi) is 9.52. The van der Waals surface area contributed by atoms with E-state index in [1.807, 2.05) is 31.2 Å². The molecule has 0 heterocycles. The van der Waals surface area contributed by atoms with Gasteiger partial charge in [-0.15, -0.1) is 0 Å². The molecular weight excluding hydrogens is 525 g/mol. The average Bonchev–Trinajstić information content (AvgIpc) is 2.94. The van der Waals surface area contributed by atoms with E-state index in [1.165, 1.54) is 56.5 Å². The van der Waals surface area contributed by atoms with E-state index < -0.39 is 40.2 Å². The summed E-state index contributed by atoms with van der Waals surface area (Å²) in [4.78, 5) is 27.5. The van der Waals surface area contributed by atoms with Crippen molar-refractivity contribution in [2.24, 2.45) is 0 Å². The van der Waals surface area contributed by atoms with Crippen LogP contribution in [0.15, 0.2) is 71.6 Å². The highest BCUT2D eigenvalue weighted by atomic mass is 32.2. The zero-order chi connectivity index (χ0) is 28.7. The number of nitrogens with zero attached hydrogens (tertiary/aromatic N) is 2. The monoisotopic (exact) mass is 557 g/mol. The number of carbonyl (C=O) groups excluding carboxylic acids is 2. The number of aryl methyl sites for hydroxylation is 1. The Hall–Kier alpha value is -4.12. The molecule has 2 amide bonds. The molecule has 39 heavy (non-hydrogen) atoms. The number of hydrogen-bond acceptors (Lipinski definition) is 6. The maximum Gasteiger partial charge on any atom is 0.264 e. The number of ether oxygens (including phenoxy) is 2. The Balaban J connectivity index is 2.08. The zero-order valence-electron chi connectivity index (χ0n) is 22.5. The molecule has 208 valence electrons. The van der Waals surface area contributed by atoms with Crippen LogP contribution in [0.4, 0.5) is 10.1 Å². The summed E-state index contributed by atoms with van der Waals surface area (Å²) in [6.45, 7) is 2.89. The van der Waals surface area contributed by atoms with Crippen molar-refractivity contribution in [1.82, 2.24) is 10.2 Å². The number of likely N-dealkylation sites (N-methyl/N-ethyl adjacent to an activating group) is 1. The third-order valence-electron chi connectivity index (χ3n) is 6.35. The van der Waals surface area contributed by atoms with Gasteiger partial charge in [0.25, 0.3) is 10.0 Å². The predicted molar refractivity (Wildman–Crippen MR) is 146 cm³/mol. The lowest BCUT2D eigenvalue weighted by molar-refractivity contribution is -0.139. The molecule has 0 aliphatic carbocycles. The van der Waals surface area contributed by atoms with Crippen molar-refractivity contribution < 1.29 is 31.9 Å². The largest absolute Gasteiger partial charge is 0.493 e. The van der Waals surface area contributed by atoms with Crippen molar-refractivity contribution in [3.8, 4) is 11.5 Å². The minimum atomic E-state index is -4.36. The minimum absolute atomic E-state index is 0.0722. The smallest absolute Gasteiger partial charge is 0.264 e. The summed E-state index contributed by atoms with van der Waals surface area (Å²) in [5.74, 6) is -1.10. The van der Waals surface area contributed by atoms with Gasteiger partial charge in [-0.25, -0.2) is 12.8 Å². The Morgan fingerprint density at radius 1 is 0.974 bits per heavy atom. The van der Waals surface area contributed by atoms with Crippen molar-refractivity contribution in [1.29, 1.82) is 0 Å². The minimum Gasteiger partial charge on any atom is -0.493 e. The highest BCUT2D eigenvalue weighted by molar-refractivity contribution is 7.92. The molecular formula is C28H32FN3O6S. The van der Waals surface area contributed by atoms with Crippen LogP contribution >= 0.6 is 0 Å². The topological polar surface area (TPSA) is 105 Å². The number of carbonyl (C=O) groups is 2. The van der Waals surface area contributed by atoms with E-state index in [0.29, 0.717) is 5.75 Å². The highest BCUT2D eigenvalue weighted by Crippen LogP contribution is 2.32. The number of methoxy groups -OCH3 is 2. The number of hydrogen-bond donors (Lipinski definition) is 1. The van der Waals surface area contributed by atoms with Gasteiger partial charge in [0.1, 0.15) is 18.4 Å². The van der Waals surface area contributed by atoms with Crippen molar-refractivity contribution >= 4 is 27.5 Å². The molecule has 11 heteroatoms. The van der Waals surface area contributed by atoms with E-state index in [-0.39, 0.29) is 22.9 Å². The summed E-state index contributed by atoms with van der Waals surface area (Å²) < 4.78 is 52.9. The molecule has 0 unspecified atom stereocenters. The highest BCUT2D eigenvalue weighted by Gasteiger charge is 2.33. The van der Waals surface area contributed by atoms with Crippen LogP contribution in [0.5, 0.6) is 11.5 Å². The fourth-order valence-electron chi connectivity index (χ4n) is 4.00. The van der Waals surface area contributed by atoms with Crippen molar-refractivity contribution in [2.45, 2.75) is 31.3 Å². The summed E-state index contributed by atoms with van der Waals surface area (Å²) in [7, 11) is -0.102. The first-order valence-corrected chi connectivity index (χ1v) is 13.5. The van der Waals surface area contributed by atoms with Crippen LogP contribution in [0.1, 0.15) is 18.1 Å². The molecule has 1 N–H and O–H groups in total. The molecule has 9 nitrogen and oxygen atoms in total. The van der Waals surface area contributed by atoms with Gasteiger partial charge < -0.3 is 19.7 Å². The Bertz CT molecular complexity index is 1430. The molecule has 0 spiro atoms. The normalized spacial score (nSPS) is 11.8. The predicted octanol–water partition coefficient (Wildman–Crippen LogP) is 3.51. The van der Waals surface area contributed by atoms with Gasteiger partial charge in [0, 0.05) is 19.7 Å². The van der Waals surface area contributed by atoms with Crippen LogP contribution < -0.4 is 19.1 Å². The number of amides is 2. The molecule has 0 radical (unpaired) electrons. The van der Waals surface area contributed by atoms with Crippen molar-refractivity contribution in [2.75, 3.05) is 32.1 Å². The number of halogens is 1. The first-order valence-electron chi connectivity index (χ1n) is 12.1. The standard InChI is InChI=1S/C28H32FN3O6S/c1-19-8-6-7-9-21(19)17-31(20(2)28(34)30-3)27(33)18-32(23-12-10-22(29)11-13-23)39(35,36)24-14-15-25(37-4)26(16-24)38-5/h6-16,20H,17-18H2,1-5H3,(H,30,34)/t20-/m1/s1. The lowest BCUT2D eigenvalue weighted by Gasteiger charge is -2.32. The van der Waals surface area contributed by atoms with Gasteiger partial charge in [-0.2, -0.15) is 0 Å². The zero-order valence-corrected chi connectivity index (χ0v) is 23.3. The molecule has 3 aromatic rings. The summed E-state index contributed by atoms with van der Waals surface area (Å²) >= 11 is 0. The number of sulfonamides is 1. The lowest BCUT2D eigenvalue weighted by Crippen LogP contribution is -2.50.